The van der Waals surface area contributed by atoms with Crippen molar-refractivity contribution < 1.29 is 19.0 Å². The van der Waals surface area contributed by atoms with Crippen LogP contribution < -0.4 is 10.5 Å². The van der Waals surface area contributed by atoms with Crippen molar-refractivity contribution in [2.75, 3.05) is 0 Å². The molecule has 1 aliphatic carbocycles. The Hall–Kier alpha value is -1.62. The number of aliphatic carboxylic acids is 1. The van der Waals surface area contributed by atoms with Gasteiger partial charge in [0, 0.05) is 6.42 Å². The van der Waals surface area contributed by atoms with Crippen molar-refractivity contribution >= 4 is 5.97 Å². The Balaban J connectivity index is 2.07. The number of carboxylic acids is 1. The van der Waals surface area contributed by atoms with Crippen LogP contribution in [0.15, 0.2) is 24.3 Å². The molecule has 1 aromatic rings. The van der Waals surface area contributed by atoms with Gasteiger partial charge in [0.15, 0.2) is 11.6 Å². The molecule has 3 N–H and O–H groups in total. The number of benzene rings is 1. The van der Waals surface area contributed by atoms with E-state index in [-0.39, 0.29) is 18.3 Å². The normalized spacial score (nSPS) is 27.8. The predicted molar refractivity (Wildman–Crippen MR) is 63.8 cm³/mol. The third kappa shape index (κ3) is 2.61. The molecule has 0 bridgehead atoms. The van der Waals surface area contributed by atoms with Gasteiger partial charge in [-0.15, -0.1) is 0 Å². The maximum absolute atomic E-state index is 13.4. The van der Waals surface area contributed by atoms with Gasteiger partial charge in [-0.1, -0.05) is 12.1 Å². The molecule has 18 heavy (non-hydrogen) atoms. The predicted octanol–water partition coefficient (Wildman–Crippen LogP) is 1.93. The summed E-state index contributed by atoms with van der Waals surface area (Å²) in [7, 11) is 0. The van der Waals surface area contributed by atoms with E-state index in [0.717, 1.165) is 0 Å². The zero-order chi connectivity index (χ0) is 13.2. The molecule has 1 saturated carbocycles. The van der Waals surface area contributed by atoms with Gasteiger partial charge in [-0.25, -0.2) is 4.39 Å². The van der Waals surface area contributed by atoms with Gasteiger partial charge in [0.25, 0.3) is 0 Å². The fraction of sp³-hybridized carbons (Fsp3) is 0.462. The highest BCUT2D eigenvalue weighted by Crippen LogP contribution is 2.30. The molecule has 1 aromatic carbocycles. The zero-order valence-corrected chi connectivity index (χ0v) is 9.93. The van der Waals surface area contributed by atoms with E-state index in [4.69, 9.17) is 15.6 Å². The Bertz CT molecular complexity index is 452. The third-order valence-electron chi connectivity index (χ3n) is 3.30. The van der Waals surface area contributed by atoms with Gasteiger partial charge in [-0.05, 0) is 31.4 Å². The summed E-state index contributed by atoms with van der Waals surface area (Å²) in [4.78, 5) is 11.1. The Morgan fingerprint density at radius 1 is 1.50 bits per heavy atom. The SMILES string of the molecule is NC1(C(=O)O)CCCC(Oc2ccccc2F)C1. The highest BCUT2D eigenvalue weighted by molar-refractivity contribution is 5.78. The first kappa shape index (κ1) is 12.8. The molecule has 0 heterocycles. The first-order chi connectivity index (χ1) is 8.51. The lowest BCUT2D eigenvalue weighted by molar-refractivity contribution is -0.145. The lowest BCUT2D eigenvalue weighted by atomic mass is 9.81. The maximum atomic E-state index is 13.4. The average Bonchev–Trinajstić information content (AvgIpc) is 2.32. The van der Waals surface area contributed by atoms with Crippen LogP contribution in [-0.4, -0.2) is 22.7 Å². The fourth-order valence-electron chi connectivity index (χ4n) is 2.27. The Morgan fingerprint density at radius 3 is 2.89 bits per heavy atom. The number of hydrogen-bond acceptors (Lipinski definition) is 3. The lowest BCUT2D eigenvalue weighted by Gasteiger charge is -2.34. The van der Waals surface area contributed by atoms with Crippen LogP contribution in [0.3, 0.4) is 0 Å². The molecule has 4 nitrogen and oxygen atoms in total. The molecule has 2 unspecified atom stereocenters. The second-order valence-corrected chi connectivity index (χ2v) is 4.73. The van der Waals surface area contributed by atoms with E-state index in [9.17, 15) is 9.18 Å². The van der Waals surface area contributed by atoms with Crippen LogP contribution >= 0.6 is 0 Å². The summed E-state index contributed by atoms with van der Waals surface area (Å²) < 4.78 is 18.9. The van der Waals surface area contributed by atoms with Crippen LogP contribution in [0.1, 0.15) is 25.7 Å². The summed E-state index contributed by atoms with van der Waals surface area (Å²) >= 11 is 0. The number of hydrogen-bond donors (Lipinski definition) is 2. The summed E-state index contributed by atoms with van der Waals surface area (Å²) in [6.07, 6.45) is 1.65. The van der Waals surface area contributed by atoms with Crippen LogP contribution in [0.2, 0.25) is 0 Å². The molecule has 2 rings (SSSR count). The van der Waals surface area contributed by atoms with Gasteiger partial charge in [0.1, 0.15) is 11.6 Å². The molecular weight excluding hydrogens is 237 g/mol. The van der Waals surface area contributed by atoms with Crippen molar-refractivity contribution in [2.24, 2.45) is 5.73 Å². The third-order valence-corrected chi connectivity index (χ3v) is 3.30. The molecule has 5 heteroatoms. The highest BCUT2D eigenvalue weighted by atomic mass is 19.1. The summed E-state index contributed by atoms with van der Waals surface area (Å²) in [5, 5.41) is 9.08. The zero-order valence-electron chi connectivity index (χ0n) is 9.93. The number of ether oxygens (including phenoxy) is 1. The maximum Gasteiger partial charge on any atom is 0.323 e. The van der Waals surface area contributed by atoms with E-state index in [1.807, 2.05) is 0 Å². The number of carbonyl (C=O) groups is 1. The molecule has 0 aromatic heterocycles. The Labute approximate surface area is 105 Å². The number of para-hydroxylation sites is 1. The minimum Gasteiger partial charge on any atom is -0.487 e. The minimum absolute atomic E-state index is 0.150. The van der Waals surface area contributed by atoms with Gasteiger partial charge in [-0.3, -0.25) is 4.79 Å². The lowest BCUT2D eigenvalue weighted by Crippen LogP contribution is -2.53. The summed E-state index contributed by atoms with van der Waals surface area (Å²) in [5.41, 5.74) is 4.55. The van der Waals surface area contributed by atoms with Crippen LogP contribution in [0, 0.1) is 5.82 Å². The van der Waals surface area contributed by atoms with Gasteiger partial charge in [-0.2, -0.15) is 0 Å². The van der Waals surface area contributed by atoms with Gasteiger partial charge < -0.3 is 15.6 Å². The molecule has 0 aliphatic heterocycles. The van der Waals surface area contributed by atoms with E-state index in [2.05, 4.69) is 0 Å². The quantitative estimate of drug-likeness (QED) is 0.863. The van der Waals surface area contributed by atoms with E-state index in [0.29, 0.717) is 19.3 Å². The van der Waals surface area contributed by atoms with Gasteiger partial charge >= 0.3 is 5.97 Å². The summed E-state index contributed by atoms with van der Waals surface area (Å²) in [6, 6.07) is 6.09. The molecular formula is C13H16FNO3. The fourth-order valence-corrected chi connectivity index (χ4v) is 2.27. The van der Waals surface area contributed by atoms with E-state index >= 15 is 0 Å². The monoisotopic (exact) mass is 253 g/mol. The summed E-state index contributed by atoms with van der Waals surface area (Å²) in [6.45, 7) is 0. The number of nitrogens with two attached hydrogens (primary N) is 1. The van der Waals surface area contributed by atoms with Crippen molar-refractivity contribution in [3.8, 4) is 5.75 Å². The van der Waals surface area contributed by atoms with Crippen LogP contribution in [0.5, 0.6) is 5.75 Å². The number of halogens is 1. The highest BCUT2D eigenvalue weighted by Gasteiger charge is 2.40. The Kier molecular flexibility index (Phi) is 3.52. The molecule has 0 saturated heterocycles. The average molecular weight is 253 g/mol. The van der Waals surface area contributed by atoms with Crippen molar-refractivity contribution in [1.29, 1.82) is 0 Å². The second-order valence-electron chi connectivity index (χ2n) is 4.73. The van der Waals surface area contributed by atoms with Crippen LogP contribution in [0.4, 0.5) is 4.39 Å². The van der Waals surface area contributed by atoms with Crippen molar-refractivity contribution in [3.63, 3.8) is 0 Å². The summed E-state index contributed by atoms with van der Waals surface area (Å²) in [5.74, 6) is -1.32. The van der Waals surface area contributed by atoms with Crippen molar-refractivity contribution in [1.82, 2.24) is 0 Å². The molecule has 98 valence electrons. The molecule has 1 fully saturated rings. The van der Waals surface area contributed by atoms with Crippen molar-refractivity contribution in [2.45, 2.75) is 37.3 Å². The molecule has 0 radical (unpaired) electrons. The molecule has 0 amide bonds. The van der Waals surface area contributed by atoms with Gasteiger partial charge in [0.05, 0.1) is 0 Å². The molecule has 0 spiro atoms. The topological polar surface area (TPSA) is 72.6 Å². The Morgan fingerprint density at radius 2 is 2.22 bits per heavy atom. The standard InChI is InChI=1S/C13H16FNO3/c14-10-5-1-2-6-11(10)18-9-4-3-7-13(15,8-9)12(16)17/h1-2,5-6,9H,3-4,7-8,15H2,(H,16,17). The first-order valence-electron chi connectivity index (χ1n) is 5.95. The van der Waals surface area contributed by atoms with Crippen molar-refractivity contribution in [3.05, 3.63) is 30.1 Å². The smallest absolute Gasteiger partial charge is 0.323 e. The number of carboxylic acid groups (broad SMARTS) is 1. The first-order valence-corrected chi connectivity index (χ1v) is 5.95. The minimum atomic E-state index is -1.26. The number of rotatable bonds is 3. The molecule has 2 atom stereocenters. The largest absolute Gasteiger partial charge is 0.487 e. The van der Waals surface area contributed by atoms with E-state index < -0.39 is 17.3 Å². The van der Waals surface area contributed by atoms with Crippen LogP contribution in [0.25, 0.3) is 0 Å². The molecule has 1 aliphatic rings. The van der Waals surface area contributed by atoms with Crippen LogP contribution in [-0.2, 0) is 4.79 Å². The van der Waals surface area contributed by atoms with E-state index in [1.54, 1.807) is 12.1 Å². The van der Waals surface area contributed by atoms with E-state index in [1.165, 1.54) is 12.1 Å². The van der Waals surface area contributed by atoms with Gasteiger partial charge in [0.2, 0.25) is 0 Å². The second kappa shape index (κ2) is 4.94.